The number of aromatic nitrogens is 1. The molecule has 0 radical (unpaired) electrons. The van der Waals surface area contributed by atoms with Crippen molar-refractivity contribution < 1.29 is 0 Å². The maximum atomic E-state index is 6.00. The van der Waals surface area contributed by atoms with Crippen LogP contribution in [0.25, 0.3) is 0 Å². The van der Waals surface area contributed by atoms with E-state index in [1.54, 1.807) is 0 Å². The Kier molecular flexibility index (Phi) is 5.06. The molecule has 0 saturated carbocycles. The molecule has 19 heavy (non-hydrogen) atoms. The molecule has 1 heterocycles. The summed E-state index contributed by atoms with van der Waals surface area (Å²) < 4.78 is 2.20. The molecule has 1 atom stereocenters. The third-order valence-corrected chi connectivity index (χ3v) is 3.46. The van der Waals surface area contributed by atoms with Crippen LogP contribution in [0.3, 0.4) is 0 Å². The lowest BCUT2D eigenvalue weighted by Gasteiger charge is -2.11. The van der Waals surface area contributed by atoms with Crippen LogP contribution in [0.4, 0.5) is 0 Å². The summed E-state index contributed by atoms with van der Waals surface area (Å²) in [6.07, 6.45) is 5.49. The van der Waals surface area contributed by atoms with Crippen LogP contribution < -0.4 is 5.32 Å². The van der Waals surface area contributed by atoms with Crippen LogP contribution >= 0.6 is 11.6 Å². The van der Waals surface area contributed by atoms with E-state index < -0.39 is 0 Å². The van der Waals surface area contributed by atoms with E-state index in [0.717, 1.165) is 24.5 Å². The second-order valence-electron chi connectivity index (χ2n) is 4.92. The minimum atomic E-state index is 0.403. The Balaban J connectivity index is 2.01. The average molecular weight is 277 g/mol. The van der Waals surface area contributed by atoms with Gasteiger partial charge in [-0.2, -0.15) is 0 Å². The Morgan fingerprint density at radius 1 is 1.32 bits per heavy atom. The van der Waals surface area contributed by atoms with Crippen molar-refractivity contribution >= 4 is 11.6 Å². The number of nitrogens with zero attached hydrogens (tertiary/aromatic N) is 1. The third kappa shape index (κ3) is 4.12. The topological polar surface area (TPSA) is 17.0 Å². The number of halogens is 1. The first-order chi connectivity index (χ1) is 9.19. The first kappa shape index (κ1) is 14.2. The number of nitrogens with one attached hydrogen (secondary N) is 1. The summed E-state index contributed by atoms with van der Waals surface area (Å²) in [6.45, 7) is 6.31. The van der Waals surface area contributed by atoms with Crippen molar-refractivity contribution in [1.29, 1.82) is 0 Å². The molecular formula is C16H21ClN2. The van der Waals surface area contributed by atoms with Crippen LogP contribution in [0.15, 0.2) is 42.7 Å². The van der Waals surface area contributed by atoms with Crippen molar-refractivity contribution in [3.63, 3.8) is 0 Å². The standard InChI is InChI=1S/C16H21ClN2/c1-3-8-18-13(2)15-7-9-19(12-15)11-14-5-4-6-16(17)10-14/h4-7,9-10,12-13,18H,3,8,11H2,1-2H3. The molecule has 0 saturated heterocycles. The van der Waals surface area contributed by atoms with Gasteiger partial charge in [0.1, 0.15) is 0 Å². The van der Waals surface area contributed by atoms with E-state index in [0.29, 0.717) is 6.04 Å². The molecule has 0 fully saturated rings. The lowest BCUT2D eigenvalue weighted by Crippen LogP contribution is -2.18. The Morgan fingerprint density at radius 2 is 2.16 bits per heavy atom. The number of hydrogen-bond donors (Lipinski definition) is 1. The minimum absolute atomic E-state index is 0.403. The van der Waals surface area contributed by atoms with E-state index in [2.05, 4.69) is 48.3 Å². The first-order valence-corrected chi connectivity index (χ1v) is 7.20. The van der Waals surface area contributed by atoms with Crippen molar-refractivity contribution in [3.8, 4) is 0 Å². The molecular weight excluding hydrogens is 256 g/mol. The van der Waals surface area contributed by atoms with E-state index >= 15 is 0 Å². The van der Waals surface area contributed by atoms with Gasteiger partial charge in [-0.25, -0.2) is 0 Å². The molecule has 0 aliphatic carbocycles. The van der Waals surface area contributed by atoms with Crippen molar-refractivity contribution in [2.75, 3.05) is 6.54 Å². The molecule has 0 amide bonds. The maximum Gasteiger partial charge on any atom is 0.0470 e. The van der Waals surface area contributed by atoms with Gasteiger partial charge >= 0.3 is 0 Å². The van der Waals surface area contributed by atoms with Gasteiger partial charge in [0.05, 0.1) is 0 Å². The van der Waals surface area contributed by atoms with Crippen LogP contribution in [-0.2, 0) is 6.54 Å². The van der Waals surface area contributed by atoms with Crippen LogP contribution in [0.2, 0.25) is 5.02 Å². The zero-order valence-corrected chi connectivity index (χ0v) is 12.3. The third-order valence-electron chi connectivity index (χ3n) is 3.23. The van der Waals surface area contributed by atoms with Crippen molar-refractivity contribution in [1.82, 2.24) is 9.88 Å². The summed E-state index contributed by atoms with van der Waals surface area (Å²) >= 11 is 6.00. The molecule has 2 nitrogen and oxygen atoms in total. The Hall–Kier alpha value is -1.25. The normalized spacial score (nSPS) is 12.6. The zero-order valence-electron chi connectivity index (χ0n) is 11.6. The van der Waals surface area contributed by atoms with Gasteiger partial charge in [-0.05, 0) is 49.2 Å². The fraction of sp³-hybridized carbons (Fsp3) is 0.375. The van der Waals surface area contributed by atoms with E-state index in [9.17, 15) is 0 Å². The molecule has 1 unspecified atom stereocenters. The fourth-order valence-corrected chi connectivity index (χ4v) is 2.35. The van der Waals surface area contributed by atoms with E-state index in [4.69, 9.17) is 11.6 Å². The van der Waals surface area contributed by atoms with Crippen LogP contribution in [-0.4, -0.2) is 11.1 Å². The monoisotopic (exact) mass is 276 g/mol. The molecule has 1 aromatic carbocycles. The second-order valence-corrected chi connectivity index (χ2v) is 5.36. The molecule has 2 rings (SSSR count). The van der Waals surface area contributed by atoms with Crippen molar-refractivity contribution in [3.05, 3.63) is 58.9 Å². The van der Waals surface area contributed by atoms with Gasteiger partial charge in [0, 0.05) is 30.0 Å². The van der Waals surface area contributed by atoms with Gasteiger partial charge < -0.3 is 9.88 Å². The average Bonchev–Trinajstić information content (AvgIpc) is 2.84. The molecule has 0 spiro atoms. The molecule has 2 aromatic rings. The Morgan fingerprint density at radius 3 is 2.89 bits per heavy atom. The van der Waals surface area contributed by atoms with Crippen LogP contribution in [0, 0.1) is 0 Å². The van der Waals surface area contributed by atoms with Gasteiger partial charge in [0.2, 0.25) is 0 Å². The first-order valence-electron chi connectivity index (χ1n) is 6.82. The summed E-state index contributed by atoms with van der Waals surface area (Å²) in [5.74, 6) is 0. The number of rotatable bonds is 6. The predicted octanol–water partition coefficient (Wildman–Crippen LogP) is 4.25. The second kappa shape index (κ2) is 6.78. The molecule has 102 valence electrons. The van der Waals surface area contributed by atoms with E-state index in [1.807, 2.05) is 18.2 Å². The van der Waals surface area contributed by atoms with E-state index in [1.165, 1.54) is 11.1 Å². The maximum absolute atomic E-state index is 6.00. The Labute approximate surface area is 120 Å². The molecule has 1 N–H and O–H groups in total. The summed E-state index contributed by atoms with van der Waals surface area (Å²) in [6, 6.07) is 10.6. The number of hydrogen-bond acceptors (Lipinski definition) is 1. The lowest BCUT2D eigenvalue weighted by molar-refractivity contribution is 0.569. The molecule has 3 heteroatoms. The lowest BCUT2D eigenvalue weighted by atomic mass is 10.2. The zero-order chi connectivity index (χ0) is 13.7. The SMILES string of the molecule is CCCNC(C)c1ccn(Cc2cccc(Cl)c2)c1. The summed E-state index contributed by atoms with van der Waals surface area (Å²) in [7, 11) is 0. The van der Waals surface area contributed by atoms with Crippen LogP contribution in [0.5, 0.6) is 0 Å². The quantitative estimate of drug-likeness (QED) is 0.835. The molecule has 0 aliphatic rings. The Bertz CT molecular complexity index is 519. The van der Waals surface area contributed by atoms with Crippen LogP contribution in [0.1, 0.15) is 37.4 Å². The minimum Gasteiger partial charge on any atom is -0.350 e. The molecule has 0 bridgehead atoms. The highest BCUT2D eigenvalue weighted by atomic mass is 35.5. The van der Waals surface area contributed by atoms with Crippen molar-refractivity contribution in [2.24, 2.45) is 0 Å². The highest BCUT2D eigenvalue weighted by molar-refractivity contribution is 6.30. The summed E-state index contributed by atoms with van der Waals surface area (Å²) in [5, 5.41) is 4.29. The number of benzene rings is 1. The van der Waals surface area contributed by atoms with Crippen molar-refractivity contribution in [2.45, 2.75) is 32.9 Å². The molecule has 1 aromatic heterocycles. The van der Waals surface area contributed by atoms with Gasteiger partial charge in [-0.15, -0.1) is 0 Å². The summed E-state index contributed by atoms with van der Waals surface area (Å²) in [5.41, 5.74) is 2.55. The highest BCUT2D eigenvalue weighted by Crippen LogP contribution is 2.15. The van der Waals surface area contributed by atoms with Gasteiger partial charge in [0.15, 0.2) is 0 Å². The predicted molar refractivity (Wildman–Crippen MR) is 81.7 cm³/mol. The highest BCUT2D eigenvalue weighted by Gasteiger charge is 2.06. The van der Waals surface area contributed by atoms with Gasteiger partial charge in [0.25, 0.3) is 0 Å². The van der Waals surface area contributed by atoms with E-state index in [-0.39, 0.29) is 0 Å². The molecule has 0 aliphatic heterocycles. The largest absolute Gasteiger partial charge is 0.350 e. The van der Waals surface area contributed by atoms with Gasteiger partial charge in [-0.3, -0.25) is 0 Å². The van der Waals surface area contributed by atoms with Gasteiger partial charge in [-0.1, -0.05) is 30.7 Å². The fourth-order valence-electron chi connectivity index (χ4n) is 2.14. The summed E-state index contributed by atoms with van der Waals surface area (Å²) in [4.78, 5) is 0. The smallest absolute Gasteiger partial charge is 0.0470 e.